The van der Waals surface area contributed by atoms with Crippen molar-refractivity contribution in [3.63, 3.8) is 0 Å². The molecule has 2 N–H and O–H groups in total. The summed E-state index contributed by atoms with van der Waals surface area (Å²) in [4.78, 5) is 147. The number of benzene rings is 4. The number of carbonyl (C=O) groups is 8. The van der Waals surface area contributed by atoms with E-state index < -0.39 is 47.8 Å². The second-order valence-corrected chi connectivity index (χ2v) is 26.4. The topological polar surface area (TPSA) is 319 Å². The molecule has 4 aromatic carbocycles. The molecule has 0 saturated heterocycles. The summed E-state index contributed by atoms with van der Waals surface area (Å²) in [7, 11) is 10.0. The maximum absolute atomic E-state index is 13.8. The van der Waals surface area contributed by atoms with Gasteiger partial charge in [0.25, 0.3) is 0 Å². The van der Waals surface area contributed by atoms with Crippen LogP contribution in [0, 0.1) is 55.4 Å². The highest BCUT2D eigenvalue weighted by molar-refractivity contribution is 6.12. The van der Waals surface area contributed by atoms with Gasteiger partial charge in [-0.25, -0.2) is 48.3 Å². The number of nitrogens with zero attached hydrogens (tertiary/aromatic N) is 6. The standard InChI is InChI=1S/C88H74N8O16/c1-41-65(81(97)105-9)77(66(42(2)89-41)82(98)106-10)53-25-17-49(18-26-53)73-57-33-35-59(93-57)74(50-19-27-54(28-20-50)78-67(83(99)107-11)43(3)90-44(4)68(78)84(100)108-12)61-37-39-63(95-61)76(52-23-31-56(32-24-52)80-71(87(103)111-15)47(7)92-48(8)72(80)88(104)112-16)64-40-38-62(96-64)75(60-36-34-58(73)94-60)51-21-29-55(30-22-51)79-69(85(101)109-13)45(5)91-46(6)70(79)86(102)110-14/h17-40,93,96H,1-16H3. The van der Waals surface area contributed by atoms with E-state index in [4.69, 9.17) is 47.9 Å². The SMILES string of the molecule is COC(=O)c1c(C)nc(C)c(C(=O)OC)c1-c1ccc(-c2c3nc(c(-c4ccc(-c5c(C(=O)OC)c(C)nc(C)c5C(=O)OC)cc4)c4ccc([nH]4)c(-c4ccc(-c5c(C(=O)OC)c(C)nc(C)c5C(=O)OC)cc4)c4nc(c(-c5ccc(-c6c(C(=O)OC)c(C)nc(C)c6C(=O)OC)cc5)c5ccc2[nH]5)C=C4)C=C3)cc1. The zero-order valence-corrected chi connectivity index (χ0v) is 64.1. The molecule has 0 spiro atoms. The van der Waals surface area contributed by atoms with Crippen molar-refractivity contribution in [2.45, 2.75) is 55.4 Å². The fourth-order valence-electron chi connectivity index (χ4n) is 15.0. The number of pyridine rings is 4. The summed E-state index contributed by atoms with van der Waals surface area (Å²) in [5.41, 5.74) is 15.5. The fraction of sp³-hybridized carbons (Fsp3) is 0.182. The summed E-state index contributed by atoms with van der Waals surface area (Å²) in [5.74, 6) is -5.67. The van der Waals surface area contributed by atoms with Crippen molar-refractivity contribution in [1.82, 2.24) is 39.9 Å². The molecule has 0 radical (unpaired) electrons. The number of hydrogen-bond donors (Lipinski definition) is 2. The van der Waals surface area contributed by atoms with Gasteiger partial charge < -0.3 is 47.9 Å². The molecular formula is C88H74N8O16. The van der Waals surface area contributed by atoms with Crippen LogP contribution >= 0.6 is 0 Å². The quantitative estimate of drug-likeness (QED) is 0.0670. The lowest BCUT2D eigenvalue weighted by atomic mass is 9.91. The third-order valence-corrected chi connectivity index (χ3v) is 20.0. The molecule has 24 nitrogen and oxygen atoms in total. The number of H-pyrrole nitrogens is 2. The highest BCUT2D eigenvalue weighted by atomic mass is 16.5. The van der Waals surface area contributed by atoms with Crippen molar-refractivity contribution in [2.24, 2.45) is 0 Å². The summed E-state index contributed by atoms with van der Waals surface area (Å²) >= 11 is 0. The Hall–Kier alpha value is -14.2. The van der Waals surface area contributed by atoms with Crippen LogP contribution in [-0.2, 0) is 37.9 Å². The number of hydrogen-bond acceptors (Lipinski definition) is 22. The van der Waals surface area contributed by atoms with E-state index >= 15 is 0 Å². The van der Waals surface area contributed by atoms with E-state index in [9.17, 15) is 38.4 Å². The molecule has 0 unspecified atom stereocenters. The number of aromatic nitrogens is 8. The number of ether oxygens (including phenoxy) is 8. The van der Waals surface area contributed by atoms with Crippen LogP contribution in [-0.4, -0.2) is 145 Å². The molecule has 562 valence electrons. The van der Waals surface area contributed by atoms with E-state index in [0.29, 0.717) is 157 Å². The Kier molecular flexibility index (Phi) is 20.9. The number of aryl methyl sites for hydroxylation is 8. The molecule has 24 heteroatoms. The van der Waals surface area contributed by atoms with Gasteiger partial charge in [0.2, 0.25) is 0 Å². The predicted octanol–water partition coefficient (Wildman–Crippen LogP) is 16.3. The third-order valence-electron chi connectivity index (χ3n) is 20.0. The first kappa shape index (κ1) is 76.1. The molecule has 0 saturated carbocycles. The molecule has 9 heterocycles. The minimum Gasteiger partial charge on any atom is -0.465 e. The van der Waals surface area contributed by atoms with Gasteiger partial charge in [-0.1, -0.05) is 97.1 Å². The van der Waals surface area contributed by atoms with Crippen LogP contribution in [0.25, 0.3) is 135 Å². The van der Waals surface area contributed by atoms with Crippen molar-refractivity contribution in [3.8, 4) is 89.0 Å². The largest absolute Gasteiger partial charge is 0.465 e. The van der Waals surface area contributed by atoms with Crippen molar-refractivity contribution < 1.29 is 76.3 Å². The van der Waals surface area contributed by atoms with Crippen molar-refractivity contribution in [1.29, 1.82) is 0 Å². The first-order valence-corrected chi connectivity index (χ1v) is 35.1. The zero-order valence-electron chi connectivity index (χ0n) is 64.1. The molecule has 2 aliphatic heterocycles. The first-order chi connectivity index (χ1) is 53.8. The second kappa shape index (κ2) is 30.8. The summed E-state index contributed by atoms with van der Waals surface area (Å²) in [5, 5.41) is 0. The van der Waals surface area contributed by atoms with E-state index in [0.717, 1.165) is 0 Å². The number of rotatable bonds is 16. The van der Waals surface area contributed by atoms with E-state index in [1.54, 1.807) is 104 Å². The Labute approximate surface area is 642 Å². The Morgan fingerprint density at radius 2 is 0.339 bits per heavy atom. The Bertz CT molecular complexity index is 5220. The Morgan fingerprint density at radius 1 is 0.205 bits per heavy atom. The van der Waals surface area contributed by atoms with Gasteiger partial charge in [-0.05, 0) is 148 Å². The lowest BCUT2D eigenvalue weighted by molar-refractivity contribution is 0.0580. The normalized spacial score (nSPS) is 11.4. The average molecular weight is 1500 g/mol. The number of fused-ring (bicyclic) bond motifs is 8. The van der Waals surface area contributed by atoms with Crippen LogP contribution in [0.5, 0.6) is 0 Å². The monoisotopic (exact) mass is 1500 g/mol. The molecule has 2 aliphatic rings. The van der Waals surface area contributed by atoms with Gasteiger partial charge in [0.15, 0.2) is 0 Å². The molecule has 0 aliphatic carbocycles. The minimum absolute atomic E-state index is 0.0800. The Balaban J connectivity index is 1.14. The summed E-state index contributed by atoms with van der Waals surface area (Å²) in [6, 6.07) is 37.0. The molecule has 0 amide bonds. The van der Waals surface area contributed by atoms with Crippen LogP contribution in [0.1, 0.15) is 151 Å². The van der Waals surface area contributed by atoms with Crippen LogP contribution < -0.4 is 0 Å². The lowest BCUT2D eigenvalue weighted by Crippen LogP contribution is -2.16. The molecular weight excluding hydrogens is 1430 g/mol. The van der Waals surface area contributed by atoms with Crippen molar-refractivity contribution >= 4 is 94.1 Å². The first-order valence-electron chi connectivity index (χ1n) is 35.1. The van der Waals surface area contributed by atoms with Crippen LogP contribution in [0.3, 0.4) is 0 Å². The van der Waals surface area contributed by atoms with E-state index in [1.165, 1.54) is 56.9 Å². The smallest absolute Gasteiger partial charge is 0.340 e. The summed E-state index contributed by atoms with van der Waals surface area (Å²) in [6.45, 7) is 13.3. The van der Waals surface area contributed by atoms with Gasteiger partial charge in [0.05, 0.1) is 170 Å². The van der Waals surface area contributed by atoms with E-state index in [2.05, 4.69) is 29.9 Å². The van der Waals surface area contributed by atoms with Crippen molar-refractivity contribution in [2.75, 3.05) is 56.9 Å². The number of esters is 8. The van der Waals surface area contributed by atoms with Gasteiger partial charge in [-0.3, -0.25) is 19.9 Å². The van der Waals surface area contributed by atoms with Crippen LogP contribution in [0.4, 0.5) is 0 Å². The van der Waals surface area contributed by atoms with Crippen LogP contribution in [0.15, 0.2) is 121 Å². The number of carbonyl (C=O) groups excluding carboxylic acids is 8. The maximum Gasteiger partial charge on any atom is 0.340 e. The number of methoxy groups -OCH3 is 8. The molecule has 0 fully saturated rings. The summed E-state index contributed by atoms with van der Waals surface area (Å²) < 4.78 is 42.3. The zero-order chi connectivity index (χ0) is 80.0. The number of nitrogens with one attached hydrogen (secondary N) is 2. The highest BCUT2D eigenvalue weighted by Crippen LogP contribution is 2.44. The lowest BCUT2D eigenvalue weighted by Gasteiger charge is -2.17. The van der Waals surface area contributed by atoms with E-state index in [-0.39, 0.29) is 66.8 Å². The van der Waals surface area contributed by atoms with Gasteiger partial charge >= 0.3 is 47.8 Å². The molecule has 8 bridgehead atoms. The maximum atomic E-state index is 13.8. The van der Waals surface area contributed by atoms with Gasteiger partial charge in [0.1, 0.15) is 0 Å². The molecule has 11 aromatic rings. The van der Waals surface area contributed by atoms with Gasteiger partial charge in [0, 0.05) is 66.6 Å². The van der Waals surface area contributed by atoms with Gasteiger partial charge in [-0.15, -0.1) is 0 Å². The third kappa shape index (κ3) is 13.4. The van der Waals surface area contributed by atoms with Crippen molar-refractivity contribution in [3.05, 3.63) is 234 Å². The molecule has 7 aromatic heterocycles. The van der Waals surface area contributed by atoms with Crippen LogP contribution in [0.2, 0.25) is 0 Å². The Morgan fingerprint density at radius 3 is 0.473 bits per heavy atom. The second-order valence-electron chi connectivity index (χ2n) is 26.4. The predicted molar refractivity (Wildman–Crippen MR) is 422 cm³/mol. The fourth-order valence-corrected chi connectivity index (χ4v) is 15.0. The average Bonchev–Trinajstić information content (AvgIpc) is 1.47. The van der Waals surface area contributed by atoms with E-state index in [1.807, 2.05) is 97.1 Å². The molecule has 0 atom stereocenters. The minimum atomic E-state index is -0.709. The number of aromatic amines is 2. The summed E-state index contributed by atoms with van der Waals surface area (Å²) in [6.07, 6.45) is 7.58. The highest BCUT2D eigenvalue weighted by Gasteiger charge is 2.33. The molecule has 112 heavy (non-hydrogen) atoms. The van der Waals surface area contributed by atoms with Gasteiger partial charge in [-0.2, -0.15) is 0 Å². The molecule has 13 rings (SSSR count).